The van der Waals surface area contributed by atoms with Crippen LogP contribution in [0.4, 0.5) is 0 Å². The number of hydrogen-bond acceptors (Lipinski definition) is 0. The molecule has 0 heterocycles. The van der Waals surface area contributed by atoms with Gasteiger partial charge in [0.05, 0.1) is 0 Å². The van der Waals surface area contributed by atoms with E-state index in [4.69, 9.17) is 0 Å². The third-order valence-corrected chi connectivity index (χ3v) is 3.13. The van der Waals surface area contributed by atoms with Gasteiger partial charge >= 0.3 is 0 Å². The first-order chi connectivity index (χ1) is 4.97. The van der Waals surface area contributed by atoms with Gasteiger partial charge in [0.25, 0.3) is 0 Å². The van der Waals surface area contributed by atoms with E-state index in [0.29, 0.717) is 0 Å². The van der Waals surface area contributed by atoms with Gasteiger partial charge in [0.2, 0.25) is 0 Å². The summed E-state index contributed by atoms with van der Waals surface area (Å²) in [5, 5.41) is 0. The lowest BCUT2D eigenvalue weighted by Crippen LogP contribution is -2.22. The summed E-state index contributed by atoms with van der Waals surface area (Å²) in [6.45, 7) is 0. The van der Waals surface area contributed by atoms with E-state index in [0.717, 1.165) is 11.8 Å². The Hall–Kier alpha value is -0.260. The summed E-state index contributed by atoms with van der Waals surface area (Å²) >= 11 is 0. The van der Waals surface area contributed by atoms with Crippen LogP contribution in [0.5, 0.6) is 0 Å². The van der Waals surface area contributed by atoms with E-state index >= 15 is 0 Å². The lowest BCUT2D eigenvalue weighted by molar-refractivity contribution is 0.194. The Bertz CT molecular complexity index is 131. The fraction of sp³-hybridized carbons (Fsp3) is 0.800. The molecule has 0 radical (unpaired) electrons. The summed E-state index contributed by atoms with van der Waals surface area (Å²) < 4.78 is 0. The standard InChI is InChI=1S/C10H16/c1-2-5-9(6-3-1)10-7-4-8-10/h1-2,9-10H,3-8H2. The summed E-state index contributed by atoms with van der Waals surface area (Å²) in [6.07, 6.45) is 13.5. The molecule has 1 saturated carbocycles. The predicted octanol–water partition coefficient (Wildman–Crippen LogP) is 3.14. The van der Waals surface area contributed by atoms with E-state index < -0.39 is 0 Å². The second kappa shape index (κ2) is 2.77. The van der Waals surface area contributed by atoms with Gasteiger partial charge in [-0.15, -0.1) is 0 Å². The van der Waals surface area contributed by atoms with Crippen LogP contribution in [0, 0.1) is 11.8 Å². The van der Waals surface area contributed by atoms with Gasteiger partial charge in [-0.2, -0.15) is 0 Å². The zero-order chi connectivity index (χ0) is 6.81. The monoisotopic (exact) mass is 136 g/mol. The number of rotatable bonds is 1. The van der Waals surface area contributed by atoms with E-state index in [2.05, 4.69) is 12.2 Å². The fourth-order valence-corrected chi connectivity index (χ4v) is 2.16. The fourth-order valence-electron chi connectivity index (χ4n) is 2.16. The average molecular weight is 136 g/mol. The van der Waals surface area contributed by atoms with Crippen molar-refractivity contribution < 1.29 is 0 Å². The van der Waals surface area contributed by atoms with E-state index in [9.17, 15) is 0 Å². The predicted molar refractivity (Wildman–Crippen MR) is 43.8 cm³/mol. The van der Waals surface area contributed by atoms with Crippen LogP contribution in [-0.4, -0.2) is 0 Å². The Balaban J connectivity index is 1.86. The van der Waals surface area contributed by atoms with Crippen LogP contribution in [0.25, 0.3) is 0 Å². The van der Waals surface area contributed by atoms with Crippen molar-refractivity contribution in [3.63, 3.8) is 0 Å². The Morgan fingerprint density at radius 1 is 0.900 bits per heavy atom. The third kappa shape index (κ3) is 1.12. The molecule has 0 spiro atoms. The molecule has 0 aromatic carbocycles. The molecule has 10 heavy (non-hydrogen) atoms. The zero-order valence-corrected chi connectivity index (χ0v) is 6.55. The molecule has 0 aromatic rings. The maximum atomic E-state index is 2.38. The molecule has 1 unspecified atom stereocenters. The molecule has 0 aliphatic heterocycles. The van der Waals surface area contributed by atoms with Crippen LogP contribution in [0.15, 0.2) is 12.2 Å². The molecule has 2 aliphatic rings. The van der Waals surface area contributed by atoms with Gasteiger partial charge in [-0.05, 0) is 31.1 Å². The van der Waals surface area contributed by atoms with Crippen LogP contribution in [0.2, 0.25) is 0 Å². The van der Waals surface area contributed by atoms with Crippen molar-refractivity contribution >= 4 is 0 Å². The van der Waals surface area contributed by atoms with Crippen LogP contribution >= 0.6 is 0 Å². The van der Waals surface area contributed by atoms with Crippen molar-refractivity contribution in [3.8, 4) is 0 Å². The first-order valence-electron chi connectivity index (χ1n) is 4.62. The topological polar surface area (TPSA) is 0 Å². The molecule has 0 nitrogen and oxygen atoms in total. The van der Waals surface area contributed by atoms with Crippen molar-refractivity contribution in [2.75, 3.05) is 0 Å². The van der Waals surface area contributed by atoms with Gasteiger partial charge in [0.15, 0.2) is 0 Å². The average Bonchev–Trinajstić information content (AvgIpc) is 1.86. The molecule has 0 aromatic heterocycles. The molecular weight excluding hydrogens is 120 g/mol. The lowest BCUT2D eigenvalue weighted by Gasteiger charge is -2.34. The Labute approximate surface area is 63.3 Å². The normalized spacial score (nSPS) is 33.8. The Morgan fingerprint density at radius 2 is 1.80 bits per heavy atom. The Morgan fingerprint density at radius 3 is 2.30 bits per heavy atom. The third-order valence-electron chi connectivity index (χ3n) is 3.13. The minimum Gasteiger partial charge on any atom is -0.0885 e. The van der Waals surface area contributed by atoms with Gasteiger partial charge in [-0.25, -0.2) is 0 Å². The van der Waals surface area contributed by atoms with Crippen molar-refractivity contribution in [1.82, 2.24) is 0 Å². The van der Waals surface area contributed by atoms with Crippen molar-refractivity contribution in [3.05, 3.63) is 12.2 Å². The second-order valence-electron chi connectivity index (χ2n) is 3.74. The zero-order valence-electron chi connectivity index (χ0n) is 6.55. The van der Waals surface area contributed by atoms with E-state index in [1.807, 2.05) is 0 Å². The summed E-state index contributed by atoms with van der Waals surface area (Å²) in [5.74, 6) is 2.18. The van der Waals surface area contributed by atoms with Crippen LogP contribution in [-0.2, 0) is 0 Å². The molecule has 0 heteroatoms. The second-order valence-corrected chi connectivity index (χ2v) is 3.74. The van der Waals surface area contributed by atoms with Crippen molar-refractivity contribution in [2.24, 2.45) is 11.8 Å². The van der Waals surface area contributed by atoms with Gasteiger partial charge in [0.1, 0.15) is 0 Å². The van der Waals surface area contributed by atoms with Crippen LogP contribution in [0.3, 0.4) is 0 Å². The molecule has 2 aliphatic carbocycles. The quantitative estimate of drug-likeness (QED) is 0.486. The highest BCUT2D eigenvalue weighted by Crippen LogP contribution is 2.38. The Kier molecular flexibility index (Phi) is 1.79. The molecule has 0 bridgehead atoms. The smallest absolute Gasteiger partial charge is 0.0319 e. The first kappa shape index (κ1) is 6.45. The van der Waals surface area contributed by atoms with Crippen molar-refractivity contribution in [2.45, 2.75) is 38.5 Å². The minimum absolute atomic E-state index is 1.07. The van der Waals surface area contributed by atoms with E-state index in [-0.39, 0.29) is 0 Å². The summed E-state index contributed by atoms with van der Waals surface area (Å²) in [7, 11) is 0. The first-order valence-corrected chi connectivity index (χ1v) is 4.62. The summed E-state index contributed by atoms with van der Waals surface area (Å²) in [5.41, 5.74) is 0. The highest BCUT2D eigenvalue weighted by molar-refractivity contribution is 4.93. The summed E-state index contributed by atoms with van der Waals surface area (Å²) in [6, 6.07) is 0. The SMILES string of the molecule is C1=CCC(C2CCC2)CC1. The van der Waals surface area contributed by atoms with Crippen LogP contribution in [0.1, 0.15) is 38.5 Å². The van der Waals surface area contributed by atoms with Gasteiger partial charge in [0, 0.05) is 0 Å². The minimum atomic E-state index is 1.07. The molecule has 2 rings (SSSR count). The van der Waals surface area contributed by atoms with Gasteiger partial charge in [-0.1, -0.05) is 31.4 Å². The van der Waals surface area contributed by atoms with Gasteiger partial charge in [-0.3, -0.25) is 0 Å². The van der Waals surface area contributed by atoms with E-state index in [1.54, 1.807) is 0 Å². The largest absolute Gasteiger partial charge is 0.0885 e. The molecule has 1 atom stereocenters. The molecule has 1 fully saturated rings. The molecular formula is C10H16. The molecule has 0 amide bonds. The van der Waals surface area contributed by atoms with Gasteiger partial charge < -0.3 is 0 Å². The highest BCUT2D eigenvalue weighted by atomic mass is 14.3. The molecule has 0 N–H and O–H groups in total. The summed E-state index contributed by atoms with van der Waals surface area (Å²) in [4.78, 5) is 0. The molecule has 0 saturated heterocycles. The highest BCUT2D eigenvalue weighted by Gasteiger charge is 2.26. The maximum absolute atomic E-state index is 2.38. The van der Waals surface area contributed by atoms with Crippen molar-refractivity contribution in [1.29, 1.82) is 0 Å². The lowest BCUT2D eigenvalue weighted by atomic mass is 9.71. The number of allylic oxidation sites excluding steroid dienone is 2. The maximum Gasteiger partial charge on any atom is -0.0319 e. The van der Waals surface area contributed by atoms with E-state index in [1.165, 1.54) is 38.5 Å². The van der Waals surface area contributed by atoms with Crippen LogP contribution < -0.4 is 0 Å². The number of hydrogen-bond donors (Lipinski definition) is 0. The molecule has 56 valence electrons.